The van der Waals surface area contributed by atoms with E-state index in [1.54, 1.807) is 0 Å². The summed E-state index contributed by atoms with van der Waals surface area (Å²) >= 11 is 5.04. The summed E-state index contributed by atoms with van der Waals surface area (Å²) in [6.07, 6.45) is -4.91. The Kier molecular flexibility index (Phi) is 3.60. The highest BCUT2D eigenvalue weighted by atomic mass is 35.5. The second-order valence-electron chi connectivity index (χ2n) is 3.02. The summed E-state index contributed by atoms with van der Waals surface area (Å²) in [6.45, 7) is 0. The van der Waals surface area contributed by atoms with Crippen LogP contribution in [0, 0.1) is 0 Å². The van der Waals surface area contributed by atoms with Crippen LogP contribution in [-0.2, 0) is 15.1 Å². The molecule has 0 unspecified atom stereocenters. The largest absolute Gasteiger partial charge is 0.430 e. The summed E-state index contributed by atoms with van der Waals surface area (Å²) in [4.78, 5) is 11.1. The lowest BCUT2D eigenvalue weighted by molar-refractivity contribution is -0.260. The molecule has 0 saturated heterocycles. The van der Waals surface area contributed by atoms with Crippen LogP contribution < -0.4 is 0 Å². The van der Waals surface area contributed by atoms with Crippen molar-refractivity contribution in [2.75, 3.05) is 7.11 Å². The van der Waals surface area contributed by atoms with Gasteiger partial charge in [-0.3, -0.25) is 4.79 Å². The first-order valence-corrected chi connectivity index (χ1v) is 4.61. The van der Waals surface area contributed by atoms with E-state index in [2.05, 4.69) is 4.74 Å². The third-order valence-electron chi connectivity index (χ3n) is 2.16. The van der Waals surface area contributed by atoms with E-state index in [1.807, 2.05) is 0 Å². The van der Waals surface area contributed by atoms with Crippen LogP contribution in [0.25, 0.3) is 0 Å². The Bertz CT molecular complexity index is 377. The van der Waals surface area contributed by atoms with Gasteiger partial charge in [-0.2, -0.15) is 13.2 Å². The predicted molar refractivity (Wildman–Crippen MR) is 52.0 cm³/mol. The molecule has 2 nitrogen and oxygen atoms in total. The fraction of sp³-hybridized carbons (Fsp3) is 0.300. The van der Waals surface area contributed by atoms with Gasteiger partial charge >= 0.3 is 6.18 Å². The quantitative estimate of drug-likeness (QED) is 0.773. The van der Waals surface area contributed by atoms with E-state index < -0.39 is 17.0 Å². The molecule has 6 heteroatoms. The van der Waals surface area contributed by atoms with Crippen LogP contribution in [0.5, 0.6) is 0 Å². The summed E-state index contributed by atoms with van der Waals surface area (Å²) in [5.74, 6) is 0. The minimum atomic E-state index is -4.91. The van der Waals surface area contributed by atoms with E-state index in [-0.39, 0.29) is 5.56 Å². The van der Waals surface area contributed by atoms with Gasteiger partial charge in [0, 0.05) is 12.7 Å². The second kappa shape index (κ2) is 4.43. The average Bonchev–Trinajstić information content (AvgIpc) is 2.18. The maximum Gasteiger partial charge on any atom is 0.430 e. The number of halogens is 4. The first-order valence-electron chi connectivity index (χ1n) is 4.23. The molecule has 0 aromatic heterocycles. The van der Waals surface area contributed by atoms with Crippen molar-refractivity contribution < 1.29 is 22.7 Å². The van der Waals surface area contributed by atoms with Crippen LogP contribution in [0.15, 0.2) is 30.3 Å². The fourth-order valence-corrected chi connectivity index (χ4v) is 1.67. The molecule has 0 heterocycles. The van der Waals surface area contributed by atoms with Crippen molar-refractivity contribution in [3.8, 4) is 0 Å². The van der Waals surface area contributed by atoms with Gasteiger partial charge in [0.25, 0.3) is 10.8 Å². The number of rotatable bonds is 3. The number of benzene rings is 1. The highest BCUT2D eigenvalue weighted by molar-refractivity contribution is 6.65. The topological polar surface area (TPSA) is 26.3 Å². The van der Waals surface area contributed by atoms with Gasteiger partial charge in [-0.05, 0) is 11.6 Å². The Morgan fingerprint density at radius 1 is 1.25 bits per heavy atom. The number of ether oxygens (including phenoxy) is 1. The average molecular weight is 253 g/mol. The van der Waals surface area contributed by atoms with Crippen LogP contribution in [0.1, 0.15) is 5.56 Å². The molecule has 1 aromatic carbocycles. The minimum Gasteiger partial charge on any atom is -0.357 e. The minimum absolute atomic E-state index is 0.343. The normalized spacial score (nSPS) is 15.6. The Labute approximate surface area is 95.0 Å². The SMILES string of the molecule is CO[C@@](C(=O)Cl)(c1ccccc1)C(F)(F)F. The monoisotopic (exact) mass is 252 g/mol. The molecule has 0 radical (unpaired) electrons. The Hall–Kier alpha value is -1.07. The van der Waals surface area contributed by atoms with Crippen molar-refractivity contribution in [1.82, 2.24) is 0 Å². The van der Waals surface area contributed by atoms with Crippen LogP contribution in [0.4, 0.5) is 13.2 Å². The van der Waals surface area contributed by atoms with Gasteiger partial charge in [-0.1, -0.05) is 30.3 Å². The molecule has 1 aromatic rings. The molecule has 1 atom stereocenters. The van der Waals surface area contributed by atoms with Gasteiger partial charge in [0.05, 0.1) is 0 Å². The molecule has 88 valence electrons. The second-order valence-corrected chi connectivity index (χ2v) is 3.37. The first kappa shape index (κ1) is 13.0. The Morgan fingerprint density at radius 2 is 1.75 bits per heavy atom. The van der Waals surface area contributed by atoms with Gasteiger partial charge in [-0.15, -0.1) is 0 Å². The Morgan fingerprint density at radius 3 is 2.06 bits per heavy atom. The number of alkyl halides is 3. The van der Waals surface area contributed by atoms with E-state index in [0.717, 1.165) is 19.2 Å². The number of carbonyl (C=O) groups excluding carboxylic acids is 1. The zero-order chi connectivity index (χ0) is 12.4. The van der Waals surface area contributed by atoms with Gasteiger partial charge < -0.3 is 4.74 Å². The van der Waals surface area contributed by atoms with Crippen LogP contribution in [0.3, 0.4) is 0 Å². The fourth-order valence-electron chi connectivity index (χ4n) is 1.38. The lowest BCUT2D eigenvalue weighted by Gasteiger charge is -2.30. The van der Waals surface area contributed by atoms with Crippen molar-refractivity contribution in [3.63, 3.8) is 0 Å². The van der Waals surface area contributed by atoms with Crippen molar-refractivity contribution in [2.24, 2.45) is 0 Å². The van der Waals surface area contributed by atoms with Gasteiger partial charge in [0.1, 0.15) is 0 Å². The van der Waals surface area contributed by atoms with Crippen molar-refractivity contribution in [3.05, 3.63) is 35.9 Å². The maximum absolute atomic E-state index is 12.9. The summed E-state index contributed by atoms with van der Waals surface area (Å²) in [7, 11) is 0.792. The molecule has 0 amide bonds. The molecule has 0 bridgehead atoms. The van der Waals surface area contributed by atoms with Crippen LogP contribution in [0.2, 0.25) is 0 Å². The third-order valence-corrected chi connectivity index (χ3v) is 2.43. The zero-order valence-corrected chi connectivity index (χ0v) is 8.97. The summed E-state index contributed by atoms with van der Waals surface area (Å²) in [5, 5.41) is -1.62. The predicted octanol–water partition coefficient (Wildman–Crippen LogP) is 2.86. The van der Waals surface area contributed by atoms with Gasteiger partial charge in [0.2, 0.25) is 0 Å². The van der Waals surface area contributed by atoms with Crippen molar-refractivity contribution >= 4 is 16.8 Å². The molecule has 0 spiro atoms. The number of carbonyl (C=O) groups is 1. The standard InChI is InChI=1S/C10H8ClF3O2/c1-16-9(8(11)15,10(12,13)14)7-5-3-2-4-6-7/h2-6H,1H3/t9-/m1/s1. The van der Waals surface area contributed by atoms with Crippen molar-refractivity contribution in [1.29, 1.82) is 0 Å². The zero-order valence-electron chi connectivity index (χ0n) is 8.22. The summed E-state index contributed by atoms with van der Waals surface area (Å²) in [6, 6.07) is 6.54. The first-order chi connectivity index (χ1) is 7.36. The molecule has 0 saturated carbocycles. The lowest BCUT2D eigenvalue weighted by atomic mass is 9.94. The number of methoxy groups -OCH3 is 1. The van der Waals surface area contributed by atoms with E-state index in [4.69, 9.17) is 11.6 Å². The molecule has 0 aliphatic heterocycles. The third kappa shape index (κ3) is 1.92. The smallest absolute Gasteiger partial charge is 0.357 e. The number of hydrogen-bond donors (Lipinski definition) is 0. The molecule has 16 heavy (non-hydrogen) atoms. The van der Waals surface area contributed by atoms with E-state index in [0.29, 0.717) is 0 Å². The highest BCUT2D eigenvalue weighted by Crippen LogP contribution is 2.43. The maximum atomic E-state index is 12.9. The number of hydrogen-bond acceptors (Lipinski definition) is 2. The van der Waals surface area contributed by atoms with Crippen LogP contribution >= 0.6 is 11.6 Å². The lowest BCUT2D eigenvalue weighted by Crippen LogP contribution is -2.48. The van der Waals surface area contributed by atoms with Crippen molar-refractivity contribution in [2.45, 2.75) is 11.8 Å². The molecule has 0 fully saturated rings. The van der Waals surface area contributed by atoms with E-state index >= 15 is 0 Å². The molecular weight excluding hydrogens is 245 g/mol. The highest BCUT2D eigenvalue weighted by Gasteiger charge is 2.62. The van der Waals surface area contributed by atoms with E-state index in [1.165, 1.54) is 18.2 Å². The Balaban J connectivity index is 3.42. The molecular formula is C10H8ClF3O2. The molecule has 0 aliphatic carbocycles. The van der Waals surface area contributed by atoms with Crippen LogP contribution in [-0.4, -0.2) is 18.5 Å². The van der Waals surface area contributed by atoms with E-state index in [9.17, 15) is 18.0 Å². The summed E-state index contributed by atoms with van der Waals surface area (Å²) < 4.78 is 43.0. The molecule has 0 aliphatic rings. The van der Waals surface area contributed by atoms with Gasteiger partial charge in [0.15, 0.2) is 0 Å². The van der Waals surface area contributed by atoms with Gasteiger partial charge in [-0.25, -0.2) is 0 Å². The molecule has 0 N–H and O–H groups in total. The molecule has 1 rings (SSSR count). The summed E-state index contributed by atoms with van der Waals surface area (Å²) in [5.41, 5.74) is -3.44.